The monoisotopic (exact) mass is 219 g/mol. The van der Waals surface area contributed by atoms with Crippen molar-refractivity contribution >= 4 is 17.0 Å². The molecule has 0 aliphatic heterocycles. The summed E-state index contributed by atoms with van der Waals surface area (Å²) in [5.74, 6) is 0.455. The quantitative estimate of drug-likeness (QED) is 0.845. The Labute approximate surface area is 93.0 Å². The molecule has 0 radical (unpaired) electrons. The molecule has 2 aromatic rings. The van der Waals surface area contributed by atoms with Crippen molar-refractivity contribution in [2.24, 2.45) is 0 Å². The second-order valence-corrected chi connectivity index (χ2v) is 4.56. The van der Waals surface area contributed by atoms with Crippen LogP contribution in [0.2, 0.25) is 0 Å². The van der Waals surface area contributed by atoms with Gasteiger partial charge in [0.05, 0.1) is 5.69 Å². The van der Waals surface area contributed by atoms with E-state index in [2.05, 4.69) is 29.2 Å². The zero-order valence-corrected chi connectivity index (χ0v) is 9.58. The van der Waals surface area contributed by atoms with Crippen molar-refractivity contribution in [3.63, 3.8) is 0 Å². The number of aromatic nitrogens is 2. The molecule has 0 saturated carbocycles. The molecule has 2 rings (SSSR count). The highest BCUT2D eigenvalue weighted by atomic mass is 32.1. The van der Waals surface area contributed by atoms with E-state index in [9.17, 15) is 0 Å². The smallest absolute Gasteiger partial charge is 0.142 e. The third-order valence-electron chi connectivity index (χ3n) is 2.12. The number of thiazole rings is 1. The van der Waals surface area contributed by atoms with Crippen molar-refractivity contribution in [2.45, 2.75) is 19.8 Å². The number of hydrogen-bond acceptors (Lipinski definition) is 4. The van der Waals surface area contributed by atoms with E-state index in [1.165, 1.54) is 0 Å². The molecule has 0 saturated heterocycles. The lowest BCUT2D eigenvalue weighted by molar-refractivity contribution is 0.834. The molecule has 0 aliphatic rings. The predicted octanol–water partition coefficient (Wildman–Crippen LogP) is 2.91. The van der Waals surface area contributed by atoms with E-state index in [1.54, 1.807) is 23.6 Å². The van der Waals surface area contributed by atoms with Gasteiger partial charge in [-0.1, -0.05) is 13.8 Å². The fourth-order valence-electron chi connectivity index (χ4n) is 1.23. The maximum atomic E-state index is 5.70. The second-order valence-electron chi connectivity index (χ2n) is 3.71. The van der Waals surface area contributed by atoms with E-state index in [0.29, 0.717) is 5.92 Å². The molecular weight excluding hydrogens is 206 g/mol. The summed E-state index contributed by atoms with van der Waals surface area (Å²) in [5, 5.41) is 3.01. The van der Waals surface area contributed by atoms with Gasteiger partial charge in [0.25, 0.3) is 0 Å². The Bertz CT molecular complexity index is 462. The predicted molar refractivity (Wildman–Crippen MR) is 63.8 cm³/mol. The van der Waals surface area contributed by atoms with Gasteiger partial charge in [0.15, 0.2) is 0 Å². The number of pyridine rings is 1. The molecule has 0 spiro atoms. The van der Waals surface area contributed by atoms with Crippen molar-refractivity contribution in [3.8, 4) is 10.7 Å². The van der Waals surface area contributed by atoms with Crippen molar-refractivity contribution in [1.82, 2.24) is 9.97 Å². The van der Waals surface area contributed by atoms with Crippen LogP contribution in [0, 0.1) is 0 Å². The summed E-state index contributed by atoms with van der Waals surface area (Å²) in [5.41, 5.74) is 8.39. The van der Waals surface area contributed by atoms with Gasteiger partial charge in [0.1, 0.15) is 10.7 Å². The molecule has 2 N–H and O–H groups in total. The lowest BCUT2D eigenvalue weighted by Gasteiger charge is -1.98. The lowest BCUT2D eigenvalue weighted by atomic mass is 10.2. The van der Waals surface area contributed by atoms with Gasteiger partial charge in [0, 0.05) is 17.3 Å². The molecule has 0 atom stereocenters. The highest BCUT2D eigenvalue weighted by Crippen LogP contribution is 2.26. The Morgan fingerprint density at radius 3 is 2.80 bits per heavy atom. The molecule has 2 aromatic heterocycles. The molecule has 0 unspecified atom stereocenters. The van der Waals surface area contributed by atoms with Crippen LogP contribution in [-0.2, 0) is 0 Å². The minimum Gasteiger partial charge on any atom is -0.399 e. The Morgan fingerprint density at radius 2 is 2.20 bits per heavy atom. The molecule has 4 heteroatoms. The van der Waals surface area contributed by atoms with Crippen LogP contribution in [-0.4, -0.2) is 9.97 Å². The normalized spacial score (nSPS) is 10.9. The zero-order chi connectivity index (χ0) is 10.8. The van der Waals surface area contributed by atoms with Gasteiger partial charge in [-0.15, -0.1) is 11.3 Å². The second kappa shape index (κ2) is 3.98. The van der Waals surface area contributed by atoms with Gasteiger partial charge < -0.3 is 5.73 Å². The maximum Gasteiger partial charge on any atom is 0.142 e. The first kappa shape index (κ1) is 10.1. The SMILES string of the molecule is CC(C)c1csc(-c2cc(N)ccn2)n1. The molecule has 15 heavy (non-hydrogen) atoms. The molecular formula is C11H13N3S. The van der Waals surface area contributed by atoms with Crippen LogP contribution in [0.4, 0.5) is 5.69 Å². The summed E-state index contributed by atoms with van der Waals surface area (Å²) in [7, 11) is 0. The minimum atomic E-state index is 0.455. The summed E-state index contributed by atoms with van der Waals surface area (Å²) in [4.78, 5) is 8.77. The van der Waals surface area contributed by atoms with E-state index in [4.69, 9.17) is 5.73 Å². The van der Waals surface area contributed by atoms with E-state index in [1.807, 2.05) is 6.07 Å². The lowest BCUT2D eigenvalue weighted by Crippen LogP contribution is -1.90. The highest BCUT2D eigenvalue weighted by molar-refractivity contribution is 7.13. The van der Waals surface area contributed by atoms with Gasteiger partial charge >= 0.3 is 0 Å². The Morgan fingerprint density at radius 1 is 1.40 bits per heavy atom. The number of nitrogen functional groups attached to an aromatic ring is 1. The fourth-order valence-corrected chi connectivity index (χ4v) is 2.18. The first-order valence-electron chi connectivity index (χ1n) is 4.84. The van der Waals surface area contributed by atoms with Gasteiger partial charge in [-0.05, 0) is 18.1 Å². The molecule has 2 heterocycles. The number of anilines is 1. The molecule has 0 bridgehead atoms. The van der Waals surface area contributed by atoms with Gasteiger partial charge in [-0.3, -0.25) is 4.98 Å². The third kappa shape index (κ3) is 2.15. The van der Waals surface area contributed by atoms with E-state index in [-0.39, 0.29) is 0 Å². The van der Waals surface area contributed by atoms with Crippen LogP contribution in [0.5, 0.6) is 0 Å². The van der Waals surface area contributed by atoms with Gasteiger partial charge in [-0.2, -0.15) is 0 Å². The summed E-state index contributed by atoms with van der Waals surface area (Å²) in [6, 6.07) is 3.63. The topological polar surface area (TPSA) is 51.8 Å². The average Bonchev–Trinajstić information content (AvgIpc) is 2.66. The van der Waals surface area contributed by atoms with Crippen molar-refractivity contribution in [3.05, 3.63) is 29.4 Å². The van der Waals surface area contributed by atoms with Crippen LogP contribution in [0.25, 0.3) is 10.7 Å². The van der Waals surface area contributed by atoms with E-state index < -0.39 is 0 Å². The Kier molecular flexibility index (Phi) is 2.68. The van der Waals surface area contributed by atoms with Gasteiger partial charge in [-0.25, -0.2) is 4.98 Å². The maximum absolute atomic E-state index is 5.70. The van der Waals surface area contributed by atoms with Crippen LogP contribution in [0.15, 0.2) is 23.7 Å². The minimum absolute atomic E-state index is 0.455. The molecule has 0 amide bonds. The molecule has 0 aliphatic carbocycles. The number of rotatable bonds is 2. The van der Waals surface area contributed by atoms with Crippen molar-refractivity contribution in [2.75, 3.05) is 5.73 Å². The summed E-state index contributed by atoms with van der Waals surface area (Å²) < 4.78 is 0. The molecule has 0 aromatic carbocycles. The molecule has 78 valence electrons. The highest BCUT2D eigenvalue weighted by Gasteiger charge is 2.08. The van der Waals surface area contributed by atoms with Crippen LogP contribution in [0.1, 0.15) is 25.5 Å². The molecule has 3 nitrogen and oxygen atoms in total. The number of hydrogen-bond donors (Lipinski definition) is 1. The summed E-state index contributed by atoms with van der Waals surface area (Å²) in [6.45, 7) is 4.26. The number of nitrogens with zero attached hydrogens (tertiary/aromatic N) is 2. The fraction of sp³-hybridized carbons (Fsp3) is 0.273. The van der Waals surface area contributed by atoms with Crippen LogP contribution in [0.3, 0.4) is 0 Å². The standard InChI is InChI=1S/C11H13N3S/c1-7(2)10-6-15-11(14-10)9-5-8(12)3-4-13-9/h3-7H,1-2H3,(H2,12,13). The number of nitrogens with two attached hydrogens (primary N) is 1. The summed E-state index contributed by atoms with van der Waals surface area (Å²) in [6.07, 6.45) is 1.71. The third-order valence-corrected chi connectivity index (χ3v) is 3.00. The first-order chi connectivity index (χ1) is 7.16. The average molecular weight is 219 g/mol. The largest absolute Gasteiger partial charge is 0.399 e. The Hall–Kier alpha value is -1.42. The van der Waals surface area contributed by atoms with E-state index in [0.717, 1.165) is 22.1 Å². The van der Waals surface area contributed by atoms with Crippen molar-refractivity contribution < 1.29 is 0 Å². The zero-order valence-electron chi connectivity index (χ0n) is 8.77. The van der Waals surface area contributed by atoms with Crippen LogP contribution < -0.4 is 5.73 Å². The van der Waals surface area contributed by atoms with Gasteiger partial charge in [0.2, 0.25) is 0 Å². The first-order valence-corrected chi connectivity index (χ1v) is 5.72. The van der Waals surface area contributed by atoms with Crippen molar-refractivity contribution in [1.29, 1.82) is 0 Å². The molecule has 0 fully saturated rings. The Balaban J connectivity index is 2.37. The summed E-state index contributed by atoms with van der Waals surface area (Å²) >= 11 is 1.61. The van der Waals surface area contributed by atoms with E-state index >= 15 is 0 Å². The van der Waals surface area contributed by atoms with Crippen LogP contribution >= 0.6 is 11.3 Å².